The first-order valence-electron chi connectivity index (χ1n) is 7.27. The van der Waals surface area contributed by atoms with Gasteiger partial charge in [0.15, 0.2) is 0 Å². The first-order chi connectivity index (χ1) is 8.21. The van der Waals surface area contributed by atoms with Gasteiger partial charge in [-0.1, -0.05) is 25.4 Å². The molecule has 1 heterocycles. The molecule has 0 aromatic carbocycles. The Labute approximate surface area is 112 Å². The summed E-state index contributed by atoms with van der Waals surface area (Å²) >= 11 is 0. The van der Waals surface area contributed by atoms with Crippen molar-refractivity contribution in [2.75, 3.05) is 0 Å². The van der Waals surface area contributed by atoms with E-state index in [-0.39, 0.29) is 18.3 Å². The lowest BCUT2D eigenvalue weighted by atomic mass is 9.74. The van der Waals surface area contributed by atoms with Crippen LogP contribution in [-0.4, -0.2) is 18.3 Å². The lowest BCUT2D eigenvalue weighted by Gasteiger charge is -2.32. The van der Waals surface area contributed by atoms with Crippen molar-refractivity contribution in [3.05, 3.63) is 11.5 Å². The van der Waals surface area contributed by atoms with Gasteiger partial charge in [-0.15, -0.1) is 0 Å². The number of allylic oxidation sites excluding steroid dienone is 1. The van der Waals surface area contributed by atoms with Crippen LogP contribution in [0.4, 0.5) is 0 Å². The van der Waals surface area contributed by atoms with E-state index in [0.29, 0.717) is 5.92 Å². The van der Waals surface area contributed by atoms with E-state index in [1.165, 1.54) is 24.8 Å². The van der Waals surface area contributed by atoms with E-state index in [9.17, 15) is 0 Å². The first-order valence-corrected chi connectivity index (χ1v) is 7.27. The molecular weight excluding hydrogens is 223 g/mol. The van der Waals surface area contributed by atoms with Gasteiger partial charge in [-0.3, -0.25) is 0 Å². The summed E-state index contributed by atoms with van der Waals surface area (Å²) in [6.45, 7) is 13.1. The van der Waals surface area contributed by atoms with Crippen LogP contribution in [0.25, 0.3) is 0 Å². The molecule has 2 aliphatic rings. The van der Waals surface area contributed by atoms with Crippen molar-refractivity contribution in [2.24, 2.45) is 11.8 Å². The van der Waals surface area contributed by atoms with Gasteiger partial charge >= 0.3 is 7.12 Å². The molecule has 1 aliphatic heterocycles. The SMILES string of the molecule is CC1CCC(C)/C(=C\B2OC(C)(C)C(C)(C)O2)C1. The zero-order chi connectivity index (χ0) is 13.6. The summed E-state index contributed by atoms with van der Waals surface area (Å²) in [5.41, 5.74) is 1.07. The van der Waals surface area contributed by atoms with E-state index >= 15 is 0 Å². The summed E-state index contributed by atoms with van der Waals surface area (Å²) in [6, 6.07) is 0. The largest absolute Gasteiger partial charge is 0.487 e. The summed E-state index contributed by atoms with van der Waals surface area (Å²) in [5.74, 6) is 3.71. The molecule has 102 valence electrons. The molecule has 2 rings (SSSR count). The third kappa shape index (κ3) is 2.67. The standard InChI is InChI=1S/C15H27BO2/c1-11-7-8-12(2)13(9-11)10-16-17-14(3,4)15(5,6)18-16/h10-12H,7-9H2,1-6H3/b13-10-. The van der Waals surface area contributed by atoms with Crippen molar-refractivity contribution >= 4 is 7.12 Å². The average molecular weight is 250 g/mol. The van der Waals surface area contributed by atoms with Crippen LogP contribution in [0.5, 0.6) is 0 Å². The van der Waals surface area contributed by atoms with Gasteiger partial charge in [-0.2, -0.15) is 0 Å². The molecule has 0 amide bonds. The highest BCUT2D eigenvalue weighted by Gasteiger charge is 2.50. The molecule has 2 fully saturated rings. The van der Waals surface area contributed by atoms with Crippen molar-refractivity contribution in [2.45, 2.75) is 72.0 Å². The van der Waals surface area contributed by atoms with E-state index in [1.54, 1.807) is 0 Å². The molecule has 3 heteroatoms. The smallest absolute Gasteiger partial charge is 0.400 e. The Bertz CT molecular complexity index is 330. The van der Waals surface area contributed by atoms with Crippen LogP contribution in [0.2, 0.25) is 0 Å². The molecule has 2 unspecified atom stereocenters. The van der Waals surface area contributed by atoms with Gasteiger partial charge in [0.25, 0.3) is 0 Å². The van der Waals surface area contributed by atoms with Gasteiger partial charge in [-0.05, 0) is 58.8 Å². The fourth-order valence-electron chi connectivity index (χ4n) is 2.79. The molecule has 0 radical (unpaired) electrons. The van der Waals surface area contributed by atoms with Crippen LogP contribution < -0.4 is 0 Å². The Kier molecular flexibility index (Phi) is 3.68. The van der Waals surface area contributed by atoms with E-state index in [0.717, 1.165) is 5.92 Å². The summed E-state index contributed by atoms with van der Waals surface area (Å²) < 4.78 is 12.1. The molecule has 0 N–H and O–H groups in total. The second-order valence-corrected chi connectivity index (χ2v) is 7.15. The summed E-state index contributed by atoms with van der Waals surface area (Å²) in [6.07, 6.45) is 3.85. The third-order valence-corrected chi connectivity index (χ3v) is 4.93. The molecule has 1 saturated carbocycles. The molecule has 0 spiro atoms. The third-order valence-electron chi connectivity index (χ3n) is 4.93. The van der Waals surface area contributed by atoms with Gasteiger partial charge in [-0.25, -0.2) is 0 Å². The predicted molar refractivity (Wildman–Crippen MR) is 76.3 cm³/mol. The lowest BCUT2D eigenvalue weighted by Crippen LogP contribution is -2.41. The highest BCUT2D eigenvalue weighted by atomic mass is 16.7. The van der Waals surface area contributed by atoms with E-state index in [4.69, 9.17) is 9.31 Å². The van der Waals surface area contributed by atoms with Crippen molar-refractivity contribution in [3.8, 4) is 0 Å². The lowest BCUT2D eigenvalue weighted by molar-refractivity contribution is 0.00578. The minimum Gasteiger partial charge on any atom is -0.400 e. The highest BCUT2D eigenvalue weighted by molar-refractivity contribution is 6.51. The maximum absolute atomic E-state index is 6.05. The van der Waals surface area contributed by atoms with E-state index in [2.05, 4.69) is 47.5 Å². The molecule has 0 aromatic heterocycles. The Hall–Kier alpha value is -0.275. The van der Waals surface area contributed by atoms with Crippen LogP contribution >= 0.6 is 0 Å². The first kappa shape index (κ1) is 14.1. The Morgan fingerprint density at radius 1 is 1.06 bits per heavy atom. The molecule has 0 aromatic rings. The Balaban J connectivity index is 2.10. The molecule has 0 bridgehead atoms. The zero-order valence-corrected chi connectivity index (χ0v) is 12.7. The minimum absolute atomic E-state index is 0.169. The normalized spacial score (nSPS) is 37.2. The molecule has 1 saturated heterocycles. The van der Waals surface area contributed by atoms with Crippen LogP contribution in [0.3, 0.4) is 0 Å². The molecule has 2 nitrogen and oxygen atoms in total. The van der Waals surface area contributed by atoms with Crippen LogP contribution in [0, 0.1) is 11.8 Å². The Morgan fingerprint density at radius 2 is 1.61 bits per heavy atom. The predicted octanol–water partition coefficient (Wildman–Crippen LogP) is 4.00. The van der Waals surface area contributed by atoms with Gasteiger partial charge in [0, 0.05) is 0 Å². The van der Waals surface area contributed by atoms with Gasteiger partial charge in [0.2, 0.25) is 0 Å². The van der Waals surface area contributed by atoms with Crippen LogP contribution in [-0.2, 0) is 9.31 Å². The fourth-order valence-corrected chi connectivity index (χ4v) is 2.79. The second-order valence-electron chi connectivity index (χ2n) is 7.15. The van der Waals surface area contributed by atoms with Crippen molar-refractivity contribution in [3.63, 3.8) is 0 Å². The molecule has 1 aliphatic carbocycles. The molecule has 2 atom stereocenters. The number of hydrogen-bond acceptors (Lipinski definition) is 2. The fraction of sp³-hybridized carbons (Fsp3) is 0.867. The Morgan fingerprint density at radius 3 is 2.17 bits per heavy atom. The van der Waals surface area contributed by atoms with E-state index in [1.807, 2.05) is 0 Å². The number of rotatable bonds is 1. The maximum atomic E-state index is 6.05. The highest BCUT2D eigenvalue weighted by Crippen LogP contribution is 2.39. The van der Waals surface area contributed by atoms with Gasteiger partial charge in [0.1, 0.15) is 0 Å². The van der Waals surface area contributed by atoms with Crippen molar-refractivity contribution < 1.29 is 9.31 Å². The second kappa shape index (κ2) is 4.68. The summed E-state index contributed by atoms with van der Waals surface area (Å²) in [5, 5.41) is 0. The summed E-state index contributed by atoms with van der Waals surface area (Å²) in [7, 11) is -0.169. The van der Waals surface area contributed by atoms with Crippen LogP contribution in [0.15, 0.2) is 11.5 Å². The average Bonchev–Trinajstić information content (AvgIpc) is 2.41. The van der Waals surface area contributed by atoms with Crippen molar-refractivity contribution in [1.29, 1.82) is 0 Å². The van der Waals surface area contributed by atoms with E-state index < -0.39 is 0 Å². The van der Waals surface area contributed by atoms with Crippen LogP contribution in [0.1, 0.15) is 60.8 Å². The van der Waals surface area contributed by atoms with Gasteiger partial charge < -0.3 is 9.31 Å². The van der Waals surface area contributed by atoms with Crippen molar-refractivity contribution in [1.82, 2.24) is 0 Å². The zero-order valence-electron chi connectivity index (χ0n) is 12.7. The quantitative estimate of drug-likeness (QED) is 0.655. The maximum Gasteiger partial charge on any atom is 0.487 e. The molecular formula is C15H27BO2. The monoisotopic (exact) mass is 250 g/mol. The summed E-state index contributed by atoms with van der Waals surface area (Å²) in [4.78, 5) is 0. The molecule has 18 heavy (non-hydrogen) atoms. The minimum atomic E-state index is -0.224. The topological polar surface area (TPSA) is 18.5 Å². The van der Waals surface area contributed by atoms with Gasteiger partial charge in [0.05, 0.1) is 11.2 Å². The number of hydrogen-bond donors (Lipinski definition) is 0.